The van der Waals surface area contributed by atoms with Gasteiger partial charge in [-0.25, -0.2) is 9.67 Å². The lowest BCUT2D eigenvalue weighted by atomic mass is 9.87. The summed E-state index contributed by atoms with van der Waals surface area (Å²) in [6, 6.07) is 5.88. The van der Waals surface area contributed by atoms with Crippen molar-refractivity contribution in [3.8, 4) is 17.2 Å². The second-order valence-corrected chi connectivity index (χ2v) is 6.95. The molecular formula is C17H21N3O3. The molecule has 0 radical (unpaired) electrons. The molecule has 1 aromatic heterocycles. The minimum absolute atomic E-state index is 0.0847. The minimum Gasteiger partial charge on any atom is -0.454 e. The predicted molar refractivity (Wildman–Crippen MR) is 84.2 cm³/mol. The van der Waals surface area contributed by atoms with Crippen LogP contribution in [0.4, 0.5) is 0 Å². The van der Waals surface area contributed by atoms with Crippen LogP contribution in [0.1, 0.15) is 32.4 Å². The Kier molecular flexibility index (Phi) is 3.30. The van der Waals surface area contributed by atoms with Crippen LogP contribution >= 0.6 is 0 Å². The molecule has 0 bridgehead atoms. The van der Waals surface area contributed by atoms with Gasteiger partial charge < -0.3 is 14.2 Å². The Morgan fingerprint density at radius 1 is 1.22 bits per heavy atom. The maximum absolute atomic E-state index is 5.49. The fraction of sp³-hybridized carbons (Fsp3) is 0.529. The van der Waals surface area contributed by atoms with E-state index in [1.165, 1.54) is 0 Å². The lowest BCUT2D eigenvalue weighted by Crippen LogP contribution is -2.46. The first-order chi connectivity index (χ1) is 11.0. The van der Waals surface area contributed by atoms with Crippen molar-refractivity contribution in [1.29, 1.82) is 0 Å². The fourth-order valence-electron chi connectivity index (χ4n) is 2.93. The van der Waals surface area contributed by atoms with E-state index in [9.17, 15) is 0 Å². The zero-order chi connectivity index (χ0) is 16.0. The quantitative estimate of drug-likeness (QED) is 0.867. The van der Waals surface area contributed by atoms with Crippen LogP contribution in [0, 0.1) is 5.92 Å². The molecule has 23 heavy (non-hydrogen) atoms. The molecule has 0 amide bonds. The summed E-state index contributed by atoms with van der Waals surface area (Å²) >= 11 is 0. The second-order valence-electron chi connectivity index (χ2n) is 6.95. The van der Waals surface area contributed by atoms with Crippen molar-refractivity contribution in [2.45, 2.75) is 32.6 Å². The lowest BCUT2D eigenvalue weighted by Gasteiger charge is -2.36. The van der Waals surface area contributed by atoms with E-state index in [1.54, 1.807) is 0 Å². The third-order valence-corrected chi connectivity index (χ3v) is 4.22. The number of fused-ring (bicyclic) bond motifs is 1. The SMILES string of the molecule is CC(C)Cc1nc(C2(C)COC2)n(-c2ccc3c(c2)OCO3)n1. The number of benzene rings is 1. The van der Waals surface area contributed by atoms with Crippen LogP contribution in [0.3, 0.4) is 0 Å². The van der Waals surface area contributed by atoms with Crippen molar-refractivity contribution in [2.24, 2.45) is 5.92 Å². The first kappa shape index (κ1) is 14.5. The van der Waals surface area contributed by atoms with Gasteiger partial charge in [-0.05, 0) is 25.0 Å². The minimum atomic E-state index is -0.0847. The summed E-state index contributed by atoms with van der Waals surface area (Å²) in [4.78, 5) is 4.81. The van der Waals surface area contributed by atoms with Crippen molar-refractivity contribution in [3.05, 3.63) is 29.8 Å². The van der Waals surface area contributed by atoms with Gasteiger partial charge in [-0.15, -0.1) is 0 Å². The molecule has 1 aromatic carbocycles. The van der Waals surface area contributed by atoms with E-state index in [0.29, 0.717) is 19.1 Å². The third kappa shape index (κ3) is 2.47. The monoisotopic (exact) mass is 315 g/mol. The molecule has 3 heterocycles. The molecule has 1 saturated heterocycles. The molecule has 2 aromatic rings. The van der Waals surface area contributed by atoms with Gasteiger partial charge in [0.25, 0.3) is 0 Å². The van der Waals surface area contributed by atoms with Crippen LogP contribution < -0.4 is 9.47 Å². The summed E-state index contributed by atoms with van der Waals surface area (Å²) in [5, 5.41) is 4.75. The summed E-state index contributed by atoms with van der Waals surface area (Å²) in [5.41, 5.74) is 0.860. The van der Waals surface area contributed by atoms with Gasteiger partial charge >= 0.3 is 0 Å². The lowest BCUT2D eigenvalue weighted by molar-refractivity contribution is -0.0553. The van der Waals surface area contributed by atoms with E-state index in [4.69, 9.17) is 24.3 Å². The molecule has 2 aliphatic rings. The average molecular weight is 315 g/mol. The summed E-state index contributed by atoms with van der Waals surface area (Å²) in [5.74, 6) is 3.88. The normalized spacial score (nSPS) is 18.3. The van der Waals surface area contributed by atoms with E-state index in [0.717, 1.165) is 35.3 Å². The Morgan fingerprint density at radius 2 is 2.00 bits per heavy atom. The number of aromatic nitrogens is 3. The van der Waals surface area contributed by atoms with Gasteiger partial charge in [0.2, 0.25) is 6.79 Å². The Bertz CT molecular complexity index is 735. The number of hydrogen-bond acceptors (Lipinski definition) is 5. The zero-order valence-corrected chi connectivity index (χ0v) is 13.7. The zero-order valence-electron chi connectivity index (χ0n) is 13.7. The van der Waals surface area contributed by atoms with Crippen molar-refractivity contribution >= 4 is 0 Å². The molecule has 122 valence electrons. The Hall–Kier alpha value is -2.08. The molecule has 0 saturated carbocycles. The van der Waals surface area contributed by atoms with E-state index >= 15 is 0 Å². The van der Waals surface area contributed by atoms with Crippen LogP contribution in [0.15, 0.2) is 18.2 Å². The third-order valence-electron chi connectivity index (χ3n) is 4.22. The van der Waals surface area contributed by atoms with Gasteiger partial charge in [0.05, 0.1) is 24.3 Å². The molecule has 4 rings (SSSR count). The maximum atomic E-state index is 5.49. The highest BCUT2D eigenvalue weighted by atomic mass is 16.7. The first-order valence-corrected chi connectivity index (χ1v) is 7.99. The van der Waals surface area contributed by atoms with Crippen LogP contribution in [0.25, 0.3) is 5.69 Å². The van der Waals surface area contributed by atoms with E-state index < -0.39 is 0 Å². The van der Waals surface area contributed by atoms with Crippen LogP contribution in [-0.2, 0) is 16.6 Å². The molecule has 0 aliphatic carbocycles. The Morgan fingerprint density at radius 3 is 2.70 bits per heavy atom. The average Bonchev–Trinajstić information content (AvgIpc) is 3.09. The van der Waals surface area contributed by atoms with Gasteiger partial charge in [0.1, 0.15) is 5.82 Å². The summed E-state index contributed by atoms with van der Waals surface area (Å²) in [6.07, 6.45) is 0.863. The van der Waals surface area contributed by atoms with Gasteiger partial charge in [-0.2, -0.15) is 5.10 Å². The molecule has 6 nitrogen and oxygen atoms in total. The standard InChI is InChI=1S/C17H21N3O3/c1-11(2)6-15-18-16(17(3)8-21-9-17)20(19-15)12-4-5-13-14(7-12)23-10-22-13/h4-5,7,11H,6,8-10H2,1-3H3. The highest BCUT2D eigenvalue weighted by Gasteiger charge is 2.40. The van der Waals surface area contributed by atoms with Crippen molar-refractivity contribution in [3.63, 3.8) is 0 Å². The van der Waals surface area contributed by atoms with E-state index in [-0.39, 0.29) is 12.2 Å². The van der Waals surface area contributed by atoms with Gasteiger partial charge in [0.15, 0.2) is 17.3 Å². The summed E-state index contributed by atoms with van der Waals surface area (Å²) in [6.45, 7) is 8.15. The topological polar surface area (TPSA) is 58.4 Å². The Balaban J connectivity index is 1.78. The largest absolute Gasteiger partial charge is 0.454 e. The molecule has 0 spiro atoms. The fourth-order valence-corrected chi connectivity index (χ4v) is 2.93. The molecule has 2 aliphatic heterocycles. The number of hydrogen-bond donors (Lipinski definition) is 0. The van der Waals surface area contributed by atoms with Crippen molar-refractivity contribution in [1.82, 2.24) is 14.8 Å². The highest BCUT2D eigenvalue weighted by Crippen LogP contribution is 2.36. The molecular weight excluding hydrogens is 294 g/mol. The summed E-state index contributed by atoms with van der Waals surface area (Å²) < 4.78 is 18.2. The van der Waals surface area contributed by atoms with Crippen molar-refractivity contribution < 1.29 is 14.2 Å². The van der Waals surface area contributed by atoms with Gasteiger partial charge in [-0.3, -0.25) is 0 Å². The van der Waals surface area contributed by atoms with Crippen LogP contribution in [0.5, 0.6) is 11.5 Å². The van der Waals surface area contributed by atoms with E-state index in [1.807, 2.05) is 22.9 Å². The maximum Gasteiger partial charge on any atom is 0.231 e. The number of rotatable bonds is 4. The smallest absolute Gasteiger partial charge is 0.231 e. The van der Waals surface area contributed by atoms with E-state index in [2.05, 4.69) is 20.8 Å². The van der Waals surface area contributed by atoms with Crippen LogP contribution in [0.2, 0.25) is 0 Å². The van der Waals surface area contributed by atoms with Crippen LogP contribution in [-0.4, -0.2) is 34.8 Å². The predicted octanol–water partition coefficient (Wildman–Crippen LogP) is 2.48. The molecule has 0 atom stereocenters. The first-order valence-electron chi connectivity index (χ1n) is 7.99. The number of nitrogens with zero attached hydrogens (tertiary/aromatic N) is 3. The van der Waals surface area contributed by atoms with Gasteiger partial charge in [0, 0.05) is 12.5 Å². The number of ether oxygens (including phenoxy) is 3. The highest BCUT2D eigenvalue weighted by molar-refractivity contribution is 5.50. The molecule has 6 heteroatoms. The molecule has 0 N–H and O–H groups in total. The molecule has 0 unspecified atom stereocenters. The summed E-state index contributed by atoms with van der Waals surface area (Å²) in [7, 11) is 0. The van der Waals surface area contributed by atoms with Gasteiger partial charge in [-0.1, -0.05) is 13.8 Å². The second kappa shape index (κ2) is 5.23. The van der Waals surface area contributed by atoms with Crippen molar-refractivity contribution in [2.75, 3.05) is 20.0 Å². The molecule has 1 fully saturated rings. The Labute approximate surface area is 135 Å².